The predicted molar refractivity (Wildman–Crippen MR) is 145 cm³/mol. The number of benzene rings is 3. The molecule has 186 valence electrons. The lowest BCUT2D eigenvalue weighted by Crippen LogP contribution is -2.37. The van der Waals surface area contributed by atoms with Crippen LogP contribution in [0.1, 0.15) is 51.8 Å². The molecular weight excluding hydrogens is 470 g/mol. The fraction of sp³-hybridized carbons (Fsp3) is 0.242. The summed E-state index contributed by atoms with van der Waals surface area (Å²) in [6.45, 7) is 0. The van der Waals surface area contributed by atoms with Crippen molar-refractivity contribution in [1.29, 1.82) is 10.5 Å². The largest absolute Gasteiger partial charge is 0.497 e. The number of carbonyl (C=O) groups excluding carboxylic acids is 1. The minimum Gasteiger partial charge on any atom is -0.497 e. The van der Waals surface area contributed by atoms with Gasteiger partial charge in [-0.3, -0.25) is 4.79 Å². The van der Waals surface area contributed by atoms with Gasteiger partial charge in [0.15, 0.2) is 5.78 Å². The molecule has 0 radical (unpaired) electrons. The van der Waals surface area contributed by atoms with Crippen LogP contribution in [-0.4, -0.2) is 23.8 Å². The standard InChI is InChI=1S/C33H27N3O2/c1-38-26-15-13-23(14-16-26)29-30(28(22-11-12-22)25(19-34)20-35)31-27-10-6-5-7-21(27)17-18-36(31)32(29)33(37)24-8-3-2-4-9-24/h2-10,13-18,22,29-32H,11-12H2,1H3/t29-,30+,31-,32+/m1/s1. The zero-order valence-corrected chi connectivity index (χ0v) is 21.1. The Morgan fingerprint density at radius 1 is 0.921 bits per heavy atom. The lowest BCUT2D eigenvalue weighted by Gasteiger charge is -2.35. The van der Waals surface area contributed by atoms with Gasteiger partial charge in [0.25, 0.3) is 0 Å². The molecule has 5 heteroatoms. The number of carbonyl (C=O) groups is 1. The van der Waals surface area contributed by atoms with Crippen molar-refractivity contribution in [3.63, 3.8) is 0 Å². The molecule has 3 aromatic carbocycles. The number of fused-ring (bicyclic) bond motifs is 3. The maximum Gasteiger partial charge on any atom is 0.185 e. The van der Waals surface area contributed by atoms with Gasteiger partial charge in [0.05, 0.1) is 19.2 Å². The van der Waals surface area contributed by atoms with Crippen molar-refractivity contribution in [2.75, 3.05) is 7.11 Å². The van der Waals surface area contributed by atoms with E-state index < -0.39 is 6.04 Å². The van der Waals surface area contributed by atoms with Crippen LogP contribution in [0.5, 0.6) is 5.75 Å². The van der Waals surface area contributed by atoms with Crippen molar-refractivity contribution in [3.05, 3.63) is 118 Å². The van der Waals surface area contributed by atoms with Gasteiger partial charge in [-0.2, -0.15) is 10.5 Å². The molecule has 1 aliphatic carbocycles. The van der Waals surface area contributed by atoms with E-state index in [2.05, 4.69) is 35.2 Å². The lowest BCUT2D eigenvalue weighted by atomic mass is 9.72. The SMILES string of the molecule is COc1ccc([C@@H]2[C@H](C(=C(C#N)C#N)C3CC3)[C@H]3c4ccccc4C=CN3[C@@H]2C(=O)c2ccccc2)cc1. The molecule has 0 unspecified atom stereocenters. The van der Waals surface area contributed by atoms with Gasteiger partial charge >= 0.3 is 0 Å². The molecule has 1 saturated carbocycles. The average molecular weight is 498 g/mol. The van der Waals surface area contributed by atoms with E-state index in [0.717, 1.165) is 40.9 Å². The van der Waals surface area contributed by atoms with Gasteiger partial charge in [-0.15, -0.1) is 0 Å². The van der Waals surface area contributed by atoms with Crippen LogP contribution in [0.3, 0.4) is 0 Å². The topological polar surface area (TPSA) is 77.1 Å². The molecule has 2 heterocycles. The predicted octanol–water partition coefficient (Wildman–Crippen LogP) is 6.44. The summed E-state index contributed by atoms with van der Waals surface area (Å²) in [6, 6.07) is 29.3. The summed E-state index contributed by atoms with van der Waals surface area (Å²) >= 11 is 0. The molecule has 5 nitrogen and oxygen atoms in total. The molecule has 3 aromatic rings. The highest BCUT2D eigenvalue weighted by molar-refractivity contribution is 6.01. The Morgan fingerprint density at radius 2 is 1.61 bits per heavy atom. The van der Waals surface area contributed by atoms with Crippen molar-refractivity contribution < 1.29 is 9.53 Å². The molecule has 0 bridgehead atoms. The fourth-order valence-electron chi connectivity index (χ4n) is 6.42. The first-order valence-corrected chi connectivity index (χ1v) is 13.0. The Kier molecular flexibility index (Phi) is 6.06. The maximum atomic E-state index is 14.3. The number of rotatable bonds is 6. The molecule has 0 amide bonds. The quantitative estimate of drug-likeness (QED) is 0.289. The van der Waals surface area contributed by atoms with Crippen LogP contribution in [0.4, 0.5) is 0 Å². The zero-order valence-electron chi connectivity index (χ0n) is 21.1. The Hall–Kier alpha value is -4.61. The van der Waals surface area contributed by atoms with Crippen LogP contribution in [0.2, 0.25) is 0 Å². The summed E-state index contributed by atoms with van der Waals surface area (Å²) in [5, 5.41) is 20.1. The minimum absolute atomic E-state index is 0.0357. The van der Waals surface area contributed by atoms with E-state index in [1.807, 2.05) is 72.9 Å². The number of Topliss-reactive ketones (excluding diaryl/α,β-unsaturated/α-hetero) is 1. The molecule has 38 heavy (non-hydrogen) atoms. The average Bonchev–Trinajstić information content (AvgIpc) is 3.76. The number of allylic oxidation sites excluding steroid dienone is 1. The van der Waals surface area contributed by atoms with E-state index in [9.17, 15) is 15.3 Å². The summed E-state index contributed by atoms with van der Waals surface area (Å²) < 4.78 is 5.43. The van der Waals surface area contributed by atoms with Crippen molar-refractivity contribution in [3.8, 4) is 17.9 Å². The first-order chi connectivity index (χ1) is 18.7. The summed E-state index contributed by atoms with van der Waals surface area (Å²) in [5.74, 6) is 0.481. The minimum atomic E-state index is -0.502. The summed E-state index contributed by atoms with van der Waals surface area (Å²) in [5.41, 5.74) is 4.97. The first-order valence-electron chi connectivity index (χ1n) is 13.0. The van der Waals surface area contributed by atoms with E-state index in [4.69, 9.17) is 4.74 Å². The van der Waals surface area contributed by atoms with Crippen LogP contribution in [0.25, 0.3) is 6.08 Å². The number of methoxy groups -OCH3 is 1. The third kappa shape index (κ3) is 3.88. The van der Waals surface area contributed by atoms with Crippen LogP contribution in [0, 0.1) is 34.5 Å². The van der Waals surface area contributed by atoms with Gasteiger partial charge in [0.2, 0.25) is 0 Å². The van der Waals surface area contributed by atoms with Crippen LogP contribution < -0.4 is 4.74 Å². The number of nitrogens with zero attached hydrogens (tertiary/aromatic N) is 3. The van der Waals surface area contributed by atoms with Gasteiger partial charge in [-0.05, 0) is 59.2 Å². The fourth-order valence-corrected chi connectivity index (χ4v) is 6.42. The Labute approximate surface area is 222 Å². The van der Waals surface area contributed by atoms with Crippen molar-refractivity contribution in [2.24, 2.45) is 11.8 Å². The van der Waals surface area contributed by atoms with Gasteiger partial charge in [0, 0.05) is 23.6 Å². The first kappa shape index (κ1) is 23.8. The molecule has 6 rings (SSSR count). The van der Waals surface area contributed by atoms with E-state index in [-0.39, 0.29) is 35.2 Å². The number of nitriles is 2. The lowest BCUT2D eigenvalue weighted by molar-refractivity contribution is 0.0874. The highest BCUT2D eigenvalue weighted by Crippen LogP contribution is 2.59. The second-order valence-electron chi connectivity index (χ2n) is 10.2. The van der Waals surface area contributed by atoms with E-state index >= 15 is 0 Å². The van der Waals surface area contributed by atoms with E-state index in [0.29, 0.717) is 5.56 Å². The van der Waals surface area contributed by atoms with E-state index in [1.165, 1.54) is 0 Å². The van der Waals surface area contributed by atoms with Crippen LogP contribution >= 0.6 is 0 Å². The van der Waals surface area contributed by atoms with Crippen molar-refractivity contribution >= 4 is 11.9 Å². The Bertz CT molecular complexity index is 1500. The summed E-state index contributed by atoms with van der Waals surface area (Å²) in [4.78, 5) is 16.5. The summed E-state index contributed by atoms with van der Waals surface area (Å²) in [6.07, 6.45) is 6.02. The normalized spacial score (nSPS) is 23.0. The van der Waals surface area contributed by atoms with Crippen molar-refractivity contribution in [2.45, 2.75) is 30.8 Å². The number of hydrogen-bond donors (Lipinski definition) is 0. The van der Waals surface area contributed by atoms with Crippen molar-refractivity contribution in [1.82, 2.24) is 4.90 Å². The third-order valence-corrected chi connectivity index (χ3v) is 8.17. The van der Waals surface area contributed by atoms with Crippen LogP contribution in [-0.2, 0) is 0 Å². The smallest absolute Gasteiger partial charge is 0.185 e. The second kappa shape index (κ2) is 9.69. The van der Waals surface area contributed by atoms with Gasteiger partial charge in [0.1, 0.15) is 23.5 Å². The molecule has 0 spiro atoms. The number of hydrogen-bond acceptors (Lipinski definition) is 5. The van der Waals surface area contributed by atoms with Crippen LogP contribution in [0.15, 0.2) is 96.2 Å². The maximum absolute atomic E-state index is 14.3. The van der Waals surface area contributed by atoms with Gasteiger partial charge in [-0.25, -0.2) is 0 Å². The van der Waals surface area contributed by atoms with Gasteiger partial charge < -0.3 is 9.64 Å². The monoisotopic (exact) mass is 497 g/mol. The Morgan fingerprint density at radius 3 is 2.26 bits per heavy atom. The van der Waals surface area contributed by atoms with Gasteiger partial charge in [-0.1, -0.05) is 66.7 Å². The molecule has 4 atom stereocenters. The molecular formula is C33H27N3O2. The highest BCUT2D eigenvalue weighted by Gasteiger charge is 2.56. The number of ether oxygens (including phenoxy) is 1. The molecule has 1 saturated heterocycles. The molecule has 3 aliphatic rings. The highest BCUT2D eigenvalue weighted by atomic mass is 16.5. The van der Waals surface area contributed by atoms with E-state index in [1.54, 1.807) is 7.11 Å². The number of ketones is 1. The summed E-state index contributed by atoms with van der Waals surface area (Å²) in [7, 11) is 1.64. The molecule has 0 N–H and O–H groups in total. The molecule has 2 aliphatic heterocycles. The zero-order chi connectivity index (χ0) is 26.2. The Balaban J connectivity index is 1.62. The third-order valence-electron chi connectivity index (χ3n) is 8.17. The second-order valence-corrected chi connectivity index (χ2v) is 10.2. The molecule has 0 aromatic heterocycles. The molecule has 2 fully saturated rings.